The van der Waals surface area contributed by atoms with Gasteiger partial charge in [-0.05, 0) is 43.7 Å². The number of carbonyl (C=O) groups excluding carboxylic acids is 1. The fraction of sp³-hybridized carbons (Fsp3) is 0.480. The highest BCUT2D eigenvalue weighted by molar-refractivity contribution is 5.94. The molecule has 2 aliphatic heterocycles. The van der Waals surface area contributed by atoms with Gasteiger partial charge in [-0.15, -0.1) is 0 Å². The molecule has 1 amide bonds. The molecule has 1 atom stereocenters. The Morgan fingerprint density at radius 1 is 1.00 bits per heavy atom. The van der Waals surface area contributed by atoms with E-state index in [1.54, 1.807) is 0 Å². The third kappa shape index (κ3) is 5.85. The van der Waals surface area contributed by atoms with Gasteiger partial charge < -0.3 is 15.0 Å². The van der Waals surface area contributed by atoms with Gasteiger partial charge >= 0.3 is 0 Å². The van der Waals surface area contributed by atoms with E-state index in [2.05, 4.69) is 63.3 Å². The summed E-state index contributed by atoms with van der Waals surface area (Å²) in [5, 5.41) is 3.09. The normalized spacial score (nSPS) is 19.2. The number of anilines is 2. The Labute approximate surface area is 185 Å². The maximum atomic E-state index is 12.8. The van der Waals surface area contributed by atoms with Gasteiger partial charge in [0.15, 0.2) is 0 Å². The second kappa shape index (κ2) is 10.3. The van der Waals surface area contributed by atoms with Crippen LogP contribution in [0.25, 0.3) is 0 Å². The van der Waals surface area contributed by atoms with Gasteiger partial charge in [-0.25, -0.2) is 0 Å². The van der Waals surface area contributed by atoms with Crippen LogP contribution in [0, 0.1) is 6.92 Å². The lowest BCUT2D eigenvalue weighted by Gasteiger charge is -2.37. The van der Waals surface area contributed by atoms with Crippen LogP contribution in [-0.4, -0.2) is 74.2 Å². The fourth-order valence-electron chi connectivity index (χ4n) is 4.37. The number of nitrogens with zero attached hydrogens (tertiary/aromatic N) is 3. The van der Waals surface area contributed by atoms with Crippen LogP contribution >= 0.6 is 0 Å². The van der Waals surface area contributed by atoms with E-state index >= 15 is 0 Å². The van der Waals surface area contributed by atoms with E-state index in [0.717, 1.165) is 64.7 Å². The van der Waals surface area contributed by atoms with Crippen LogP contribution in [0.5, 0.6) is 0 Å². The van der Waals surface area contributed by atoms with E-state index in [1.165, 1.54) is 16.8 Å². The zero-order valence-corrected chi connectivity index (χ0v) is 18.7. The van der Waals surface area contributed by atoms with Crippen molar-refractivity contribution in [3.63, 3.8) is 0 Å². The highest BCUT2D eigenvalue weighted by Crippen LogP contribution is 2.20. The summed E-state index contributed by atoms with van der Waals surface area (Å²) in [4.78, 5) is 19.9. The minimum absolute atomic E-state index is 0.0613. The SMILES string of the molecule is Cc1cccc(CN2CCN([C@@H](C)C(=O)Nc3ccc(N4CCOCC4)cc3)CC2)c1. The second-order valence-corrected chi connectivity index (χ2v) is 8.61. The van der Waals surface area contributed by atoms with Gasteiger partial charge in [0.05, 0.1) is 19.3 Å². The molecule has 2 fully saturated rings. The maximum absolute atomic E-state index is 12.8. The van der Waals surface area contributed by atoms with Gasteiger partial charge in [0.2, 0.25) is 5.91 Å². The van der Waals surface area contributed by atoms with Crippen LogP contribution in [0.4, 0.5) is 11.4 Å². The van der Waals surface area contributed by atoms with Crippen molar-refractivity contribution >= 4 is 17.3 Å². The van der Waals surface area contributed by atoms with E-state index in [1.807, 2.05) is 19.1 Å². The van der Waals surface area contributed by atoms with Gasteiger partial charge in [0, 0.05) is 57.2 Å². The number of carbonyl (C=O) groups is 1. The van der Waals surface area contributed by atoms with Gasteiger partial charge in [-0.3, -0.25) is 14.6 Å². The van der Waals surface area contributed by atoms with E-state index < -0.39 is 0 Å². The van der Waals surface area contributed by atoms with Crippen LogP contribution in [0.3, 0.4) is 0 Å². The molecule has 1 N–H and O–H groups in total. The Kier molecular flexibility index (Phi) is 7.22. The van der Waals surface area contributed by atoms with E-state index in [9.17, 15) is 4.79 Å². The molecule has 0 aromatic heterocycles. The molecule has 0 unspecified atom stereocenters. The zero-order valence-electron chi connectivity index (χ0n) is 18.7. The number of hydrogen-bond donors (Lipinski definition) is 1. The molecule has 2 heterocycles. The fourth-order valence-corrected chi connectivity index (χ4v) is 4.37. The Morgan fingerprint density at radius 3 is 2.39 bits per heavy atom. The summed E-state index contributed by atoms with van der Waals surface area (Å²) in [5.74, 6) is 0.0613. The number of nitrogens with one attached hydrogen (secondary N) is 1. The molecule has 2 saturated heterocycles. The quantitative estimate of drug-likeness (QED) is 0.776. The molecule has 6 heteroatoms. The Hall–Kier alpha value is -2.41. The van der Waals surface area contributed by atoms with Crippen molar-refractivity contribution in [3.05, 3.63) is 59.7 Å². The third-order valence-electron chi connectivity index (χ3n) is 6.33. The first-order valence-electron chi connectivity index (χ1n) is 11.3. The molecule has 6 nitrogen and oxygen atoms in total. The minimum atomic E-state index is -0.139. The summed E-state index contributed by atoms with van der Waals surface area (Å²) >= 11 is 0. The molecule has 31 heavy (non-hydrogen) atoms. The van der Waals surface area contributed by atoms with Crippen molar-refractivity contribution in [1.82, 2.24) is 9.80 Å². The van der Waals surface area contributed by atoms with Crippen molar-refractivity contribution in [2.75, 3.05) is 62.7 Å². The van der Waals surface area contributed by atoms with Crippen molar-refractivity contribution in [2.24, 2.45) is 0 Å². The zero-order chi connectivity index (χ0) is 21.6. The molecule has 2 aliphatic rings. The number of ether oxygens (including phenoxy) is 1. The first kappa shape index (κ1) is 21.8. The van der Waals surface area contributed by atoms with Gasteiger partial charge in [-0.1, -0.05) is 29.8 Å². The molecule has 0 radical (unpaired) electrons. The number of aryl methyl sites for hydroxylation is 1. The number of rotatable bonds is 6. The summed E-state index contributed by atoms with van der Waals surface area (Å²) in [6.45, 7) is 12.3. The standard InChI is InChI=1S/C25H34N4O2/c1-20-4-3-5-22(18-20)19-27-10-12-28(13-11-27)21(2)25(30)26-23-6-8-24(9-7-23)29-14-16-31-17-15-29/h3-9,18,21H,10-17,19H2,1-2H3,(H,26,30)/t21-/m0/s1. The molecule has 0 spiro atoms. The summed E-state index contributed by atoms with van der Waals surface area (Å²) < 4.78 is 5.42. The van der Waals surface area contributed by atoms with E-state index in [4.69, 9.17) is 4.74 Å². The Balaban J connectivity index is 1.25. The molecule has 4 rings (SSSR count). The molecule has 166 valence electrons. The van der Waals surface area contributed by atoms with Crippen LogP contribution in [0.15, 0.2) is 48.5 Å². The number of morpholine rings is 1. The van der Waals surface area contributed by atoms with Crippen molar-refractivity contribution in [1.29, 1.82) is 0 Å². The van der Waals surface area contributed by atoms with Gasteiger partial charge in [-0.2, -0.15) is 0 Å². The lowest BCUT2D eigenvalue weighted by atomic mass is 10.1. The molecule has 0 saturated carbocycles. The maximum Gasteiger partial charge on any atom is 0.241 e. The minimum Gasteiger partial charge on any atom is -0.378 e. The number of amides is 1. The number of hydrogen-bond acceptors (Lipinski definition) is 5. The second-order valence-electron chi connectivity index (χ2n) is 8.61. The summed E-state index contributed by atoms with van der Waals surface area (Å²) in [5.41, 5.74) is 4.70. The molecule has 0 aliphatic carbocycles. The van der Waals surface area contributed by atoms with E-state index in [-0.39, 0.29) is 11.9 Å². The lowest BCUT2D eigenvalue weighted by Crippen LogP contribution is -2.52. The summed E-state index contributed by atoms with van der Waals surface area (Å²) in [6.07, 6.45) is 0. The summed E-state index contributed by atoms with van der Waals surface area (Å²) in [6, 6.07) is 16.7. The Bertz CT molecular complexity index is 856. The van der Waals surface area contributed by atoms with Crippen molar-refractivity contribution < 1.29 is 9.53 Å². The van der Waals surface area contributed by atoms with Crippen LogP contribution in [-0.2, 0) is 16.1 Å². The average molecular weight is 423 g/mol. The van der Waals surface area contributed by atoms with Crippen LogP contribution in [0.2, 0.25) is 0 Å². The molecule has 2 aromatic rings. The number of piperazine rings is 1. The highest BCUT2D eigenvalue weighted by Gasteiger charge is 2.25. The number of benzene rings is 2. The first-order chi connectivity index (χ1) is 15.1. The largest absolute Gasteiger partial charge is 0.378 e. The average Bonchev–Trinajstić information content (AvgIpc) is 2.80. The van der Waals surface area contributed by atoms with Crippen LogP contribution < -0.4 is 10.2 Å². The van der Waals surface area contributed by atoms with Crippen molar-refractivity contribution in [2.45, 2.75) is 26.4 Å². The van der Waals surface area contributed by atoms with E-state index in [0.29, 0.717) is 0 Å². The smallest absolute Gasteiger partial charge is 0.241 e. The van der Waals surface area contributed by atoms with Crippen molar-refractivity contribution in [3.8, 4) is 0 Å². The lowest BCUT2D eigenvalue weighted by molar-refractivity contribution is -0.121. The van der Waals surface area contributed by atoms with Gasteiger partial charge in [0.25, 0.3) is 0 Å². The predicted molar refractivity (Wildman–Crippen MR) is 126 cm³/mol. The topological polar surface area (TPSA) is 48.0 Å². The highest BCUT2D eigenvalue weighted by atomic mass is 16.5. The molecule has 2 aromatic carbocycles. The molecular formula is C25H34N4O2. The van der Waals surface area contributed by atoms with Crippen LogP contribution in [0.1, 0.15) is 18.1 Å². The molecular weight excluding hydrogens is 388 g/mol. The Morgan fingerprint density at radius 2 is 1.71 bits per heavy atom. The molecule has 0 bridgehead atoms. The third-order valence-corrected chi connectivity index (χ3v) is 6.33. The summed E-state index contributed by atoms with van der Waals surface area (Å²) in [7, 11) is 0. The van der Waals surface area contributed by atoms with Gasteiger partial charge in [0.1, 0.15) is 0 Å². The monoisotopic (exact) mass is 422 g/mol. The predicted octanol–water partition coefficient (Wildman–Crippen LogP) is 2.98. The first-order valence-corrected chi connectivity index (χ1v) is 11.3.